The minimum atomic E-state index is -1.16. The Labute approximate surface area is 97.6 Å². The number of nitrogens with zero attached hydrogens (tertiary/aromatic N) is 1. The Morgan fingerprint density at radius 3 is 2.71 bits per heavy atom. The van der Waals surface area contributed by atoms with Crippen LogP contribution in [0.15, 0.2) is 34.9 Å². The molecule has 0 aliphatic carbocycles. The lowest BCUT2D eigenvalue weighted by Gasteiger charge is -2.02. The first-order chi connectivity index (χ1) is 8.15. The molecule has 2 aromatic rings. The Morgan fingerprint density at radius 1 is 1.41 bits per heavy atom. The summed E-state index contributed by atoms with van der Waals surface area (Å²) in [6.07, 6.45) is 0. The van der Waals surface area contributed by atoms with Crippen molar-refractivity contribution in [2.75, 3.05) is 0 Å². The topological polar surface area (TPSA) is 72.6 Å². The molecule has 0 saturated carbocycles. The quantitative estimate of drug-likeness (QED) is 0.876. The minimum absolute atomic E-state index is 0.169. The molecule has 17 heavy (non-hydrogen) atoms. The molecule has 0 aliphatic rings. The van der Waals surface area contributed by atoms with Gasteiger partial charge in [0.15, 0.2) is 0 Å². The lowest BCUT2D eigenvalue weighted by molar-refractivity contribution is 0.0651. The van der Waals surface area contributed by atoms with Crippen LogP contribution in [0.2, 0.25) is 0 Å². The summed E-state index contributed by atoms with van der Waals surface area (Å²) in [7, 11) is 0. The molecule has 0 spiro atoms. The second-order valence-corrected chi connectivity index (χ2v) is 3.61. The molecular formula is C12H11NO4. The molecule has 88 valence electrons. The predicted molar refractivity (Wildman–Crippen MR) is 59.0 cm³/mol. The molecule has 0 fully saturated rings. The molecule has 0 atom stereocenters. The molecule has 0 unspecified atom stereocenters. The molecule has 0 saturated heterocycles. The number of hydrogen-bond acceptors (Lipinski definition) is 4. The Bertz CT molecular complexity index is 516. The Hall–Kier alpha value is -2.30. The molecule has 0 bridgehead atoms. The highest BCUT2D eigenvalue weighted by atomic mass is 16.5. The molecule has 1 aromatic carbocycles. The van der Waals surface area contributed by atoms with Crippen molar-refractivity contribution in [2.45, 2.75) is 13.5 Å². The van der Waals surface area contributed by atoms with Gasteiger partial charge >= 0.3 is 5.97 Å². The van der Waals surface area contributed by atoms with Crippen molar-refractivity contribution < 1.29 is 19.2 Å². The fourth-order valence-corrected chi connectivity index (χ4v) is 1.27. The molecule has 2 rings (SSSR count). The number of aromatic nitrogens is 1. The van der Waals surface area contributed by atoms with E-state index in [0.717, 1.165) is 5.56 Å². The highest BCUT2D eigenvalue weighted by Crippen LogP contribution is 2.13. The van der Waals surface area contributed by atoms with Crippen LogP contribution in [-0.4, -0.2) is 16.2 Å². The predicted octanol–water partition coefficient (Wildman–Crippen LogP) is 2.26. The van der Waals surface area contributed by atoms with Gasteiger partial charge in [0, 0.05) is 0 Å². The van der Waals surface area contributed by atoms with Gasteiger partial charge in [-0.05, 0) is 17.6 Å². The van der Waals surface area contributed by atoms with Crippen LogP contribution < -0.4 is 4.74 Å². The van der Waals surface area contributed by atoms with Crippen molar-refractivity contribution in [3.63, 3.8) is 0 Å². The second kappa shape index (κ2) is 4.69. The van der Waals surface area contributed by atoms with Crippen molar-refractivity contribution in [2.24, 2.45) is 0 Å². The van der Waals surface area contributed by atoms with Gasteiger partial charge in [-0.1, -0.05) is 29.8 Å². The van der Waals surface area contributed by atoms with Gasteiger partial charge in [0.25, 0.3) is 5.88 Å². The molecule has 1 N–H and O–H groups in total. The largest absolute Gasteiger partial charge is 0.475 e. The molecule has 1 aromatic heterocycles. The molecule has 5 heteroatoms. The van der Waals surface area contributed by atoms with Crippen molar-refractivity contribution in [1.82, 2.24) is 5.16 Å². The number of carboxylic acids is 1. The number of rotatable bonds is 4. The first-order valence-electron chi connectivity index (χ1n) is 5.03. The summed E-state index contributed by atoms with van der Waals surface area (Å²) in [5, 5.41) is 12.1. The van der Waals surface area contributed by atoms with Crippen LogP contribution >= 0.6 is 0 Å². The zero-order valence-corrected chi connectivity index (χ0v) is 9.21. The summed E-state index contributed by atoms with van der Waals surface area (Å²) in [4.78, 5) is 10.5. The third kappa shape index (κ3) is 2.84. The smallest absolute Gasteiger partial charge is 0.374 e. The molecule has 0 aliphatic heterocycles. The summed E-state index contributed by atoms with van der Waals surface area (Å²) in [6.45, 7) is 2.33. The van der Waals surface area contributed by atoms with E-state index in [0.29, 0.717) is 6.61 Å². The number of hydrogen-bond donors (Lipinski definition) is 1. The first-order valence-corrected chi connectivity index (χ1v) is 5.03. The SMILES string of the molecule is Cc1ccc(COc2cc(C(=O)O)on2)cc1. The summed E-state index contributed by atoms with van der Waals surface area (Å²) < 4.78 is 9.85. The number of ether oxygens (including phenoxy) is 1. The van der Waals surface area contributed by atoms with Gasteiger partial charge in [-0.15, -0.1) is 0 Å². The van der Waals surface area contributed by atoms with Gasteiger partial charge in [0.1, 0.15) is 6.61 Å². The third-order valence-electron chi connectivity index (χ3n) is 2.21. The van der Waals surface area contributed by atoms with Crippen molar-refractivity contribution in [3.8, 4) is 5.88 Å². The second-order valence-electron chi connectivity index (χ2n) is 3.61. The van der Waals surface area contributed by atoms with Gasteiger partial charge in [-0.25, -0.2) is 4.79 Å². The number of carboxylic acid groups (broad SMARTS) is 1. The van der Waals surface area contributed by atoms with Gasteiger partial charge in [-0.2, -0.15) is 0 Å². The lowest BCUT2D eigenvalue weighted by atomic mass is 10.2. The van der Waals surface area contributed by atoms with E-state index >= 15 is 0 Å². The van der Waals surface area contributed by atoms with E-state index in [4.69, 9.17) is 9.84 Å². The Balaban J connectivity index is 1.97. The molecule has 0 amide bonds. The number of aromatic carboxylic acids is 1. The molecular weight excluding hydrogens is 222 g/mol. The van der Waals surface area contributed by atoms with E-state index in [2.05, 4.69) is 9.68 Å². The summed E-state index contributed by atoms with van der Waals surface area (Å²) in [6, 6.07) is 9.08. The Morgan fingerprint density at radius 2 is 2.12 bits per heavy atom. The number of aryl methyl sites for hydroxylation is 1. The maximum atomic E-state index is 10.5. The summed E-state index contributed by atoms with van der Waals surface area (Å²) in [5.74, 6) is -1.23. The highest BCUT2D eigenvalue weighted by Gasteiger charge is 2.11. The van der Waals surface area contributed by atoms with E-state index in [1.54, 1.807) is 0 Å². The molecule has 0 radical (unpaired) electrons. The zero-order valence-electron chi connectivity index (χ0n) is 9.21. The summed E-state index contributed by atoms with van der Waals surface area (Å²) in [5.41, 5.74) is 2.15. The highest BCUT2D eigenvalue weighted by molar-refractivity contribution is 5.84. The monoisotopic (exact) mass is 233 g/mol. The zero-order chi connectivity index (χ0) is 12.3. The first kappa shape index (κ1) is 11.2. The van der Waals surface area contributed by atoms with Crippen molar-refractivity contribution in [1.29, 1.82) is 0 Å². The number of benzene rings is 1. The van der Waals surface area contributed by atoms with E-state index < -0.39 is 5.97 Å². The van der Waals surface area contributed by atoms with Gasteiger partial charge in [0.05, 0.1) is 6.07 Å². The van der Waals surface area contributed by atoms with Crippen LogP contribution in [0.4, 0.5) is 0 Å². The normalized spacial score (nSPS) is 10.2. The van der Waals surface area contributed by atoms with Crippen molar-refractivity contribution in [3.05, 3.63) is 47.2 Å². The van der Waals surface area contributed by atoms with Crippen LogP contribution in [0.3, 0.4) is 0 Å². The van der Waals surface area contributed by atoms with Crippen LogP contribution in [0, 0.1) is 6.92 Å². The van der Waals surface area contributed by atoms with Crippen molar-refractivity contribution >= 4 is 5.97 Å². The van der Waals surface area contributed by atoms with Crippen LogP contribution in [0.25, 0.3) is 0 Å². The van der Waals surface area contributed by atoms with Crippen LogP contribution in [0.5, 0.6) is 5.88 Å². The lowest BCUT2D eigenvalue weighted by Crippen LogP contribution is -1.95. The minimum Gasteiger partial charge on any atom is -0.475 e. The average molecular weight is 233 g/mol. The fraction of sp³-hybridized carbons (Fsp3) is 0.167. The van der Waals surface area contributed by atoms with Gasteiger partial charge < -0.3 is 14.4 Å². The van der Waals surface area contributed by atoms with Crippen LogP contribution in [-0.2, 0) is 6.61 Å². The average Bonchev–Trinajstić information content (AvgIpc) is 2.77. The van der Waals surface area contributed by atoms with Gasteiger partial charge in [0.2, 0.25) is 5.76 Å². The maximum absolute atomic E-state index is 10.5. The van der Waals surface area contributed by atoms with E-state index in [1.165, 1.54) is 11.6 Å². The maximum Gasteiger partial charge on any atom is 0.374 e. The van der Waals surface area contributed by atoms with E-state index in [-0.39, 0.29) is 11.6 Å². The van der Waals surface area contributed by atoms with E-state index in [1.807, 2.05) is 31.2 Å². The summed E-state index contributed by atoms with van der Waals surface area (Å²) >= 11 is 0. The standard InChI is InChI=1S/C12H11NO4/c1-8-2-4-9(5-3-8)7-16-11-6-10(12(14)15)17-13-11/h2-6H,7H2,1H3,(H,14,15). The third-order valence-corrected chi connectivity index (χ3v) is 2.21. The number of carbonyl (C=O) groups is 1. The van der Waals surface area contributed by atoms with Gasteiger partial charge in [-0.3, -0.25) is 0 Å². The van der Waals surface area contributed by atoms with Crippen LogP contribution in [0.1, 0.15) is 21.7 Å². The fourth-order valence-electron chi connectivity index (χ4n) is 1.27. The van der Waals surface area contributed by atoms with E-state index in [9.17, 15) is 4.79 Å². The molecule has 1 heterocycles. The Kier molecular flexibility index (Phi) is 3.09. The molecule has 5 nitrogen and oxygen atoms in total.